The number of para-hydroxylation sites is 2. The molecule has 1 aliphatic heterocycles. The molecule has 3 aromatic rings. The Balaban J connectivity index is 1.30. The SMILES string of the molecule is CN=C(NCCc1c[nH]c2cc(F)ccc12)NC1CCN(c2ccccc2OC)C1. The number of aliphatic imine (C=N–C) groups is 1. The molecule has 30 heavy (non-hydrogen) atoms. The minimum Gasteiger partial charge on any atom is -0.495 e. The lowest BCUT2D eigenvalue weighted by Crippen LogP contribution is -2.45. The second-order valence-corrected chi connectivity index (χ2v) is 7.50. The van der Waals surface area contributed by atoms with Gasteiger partial charge in [0.15, 0.2) is 5.96 Å². The van der Waals surface area contributed by atoms with Crippen molar-refractivity contribution in [2.24, 2.45) is 4.99 Å². The summed E-state index contributed by atoms with van der Waals surface area (Å²) in [7, 11) is 3.50. The number of methoxy groups -OCH3 is 1. The molecule has 0 bridgehead atoms. The highest BCUT2D eigenvalue weighted by Gasteiger charge is 2.25. The number of ether oxygens (including phenoxy) is 1. The van der Waals surface area contributed by atoms with Crippen LogP contribution in [-0.4, -0.2) is 50.8 Å². The molecule has 0 spiro atoms. The van der Waals surface area contributed by atoms with Crippen LogP contribution in [-0.2, 0) is 6.42 Å². The average molecular weight is 410 g/mol. The van der Waals surface area contributed by atoms with Gasteiger partial charge in [-0.15, -0.1) is 0 Å². The molecular formula is C23H28FN5O. The summed E-state index contributed by atoms with van der Waals surface area (Å²) in [5, 5.41) is 7.98. The molecule has 6 nitrogen and oxygen atoms in total. The molecule has 1 aliphatic rings. The Morgan fingerprint density at radius 2 is 2.17 bits per heavy atom. The van der Waals surface area contributed by atoms with Crippen LogP contribution in [0, 0.1) is 5.82 Å². The van der Waals surface area contributed by atoms with E-state index in [1.54, 1.807) is 14.2 Å². The van der Waals surface area contributed by atoms with Gasteiger partial charge in [0.2, 0.25) is 0 Å². The highest BCUT2D eigenvalue weighted by molar-refractivity contribution is 5.83. The van der Waals surface area contributed by atoms with Crippen molar-refractivity contribution >= 4 is 22.5 Å². The van der Waals surface area contributed by atoms with Crippen molar-refractivity contribution in [1.29, 1.82) is 0 Å². The lowest BCUT2D eigenvalue weighted by molar-refractivity contribution is 0.415. The fraction of sp³-hybridized carbons (Fsp3) is 0.348. The molecule has 1 saturated heterocycles. The fourth-order valence-electron chi connectivity index (χ4n) is 4.06. The van der Waals surface area contributed by atoms with Crippen LogP contribution in [0.5, 0.6) is 5.75 Å². The first-order valence-electron chi connectivity index (χ1n) is 10.3. The summed E-state index contributed by atoms with van der Waals surface area (Å²) in [4.78, 5) is 9.85. The van der Waals surface area contributed by atoms with Crippen LogP contribution >= 0.6 is 0 Å². The van der Waals surface area contributed by atoms with Crippen molar-refractivity contribution in [2.75, 3.05) is 38.7 Å². The topological polar surface area (TPSA) is 64.7 Å². The van der Waals surface area contributed by atoms with Crippen LogP contribution in [0.2, 0.25) is 0 Å². The summed E-state index contributed by atoms with van der Waals surface area (Å²) in [6.07, 6.45) is 3.81. The Hall–Kier alpha value is -3.22. The predicted molar refractivity (Wildman–Crippen MR) is 120 cm³/mol. The summed E-state index contributed by atoms with van der Waals surface area (Å²) >= 11 is 0. The van der Waals surface area contributed by atoms with E-state index in [1.807, 2.05) is 30.5 Å². The minimum atomic E-state index is -0.225. The van der Waals surface area contributed by atoms with Crippen molar-refractivity contribution < 1.29 is 9.13 Å². The Labute approximate surface area is 176 Å². The quantitative estimate of drug-likeness (QED) is 0.432. The lowest BCUT2D eigenvalue weighted by atomic mass is 10.1. The van der Waals surface area contributed by atoms with E-state index in [1.165, 1.54) is 12.1 Å². The number of nitrogens with one attached hydrogen (secondary N) is 3. The number of hydrogen-bond acceptors (Lipinski definition) is 3. The van der Waals surface area contributed by atoms with Crippen molar-refractivity contribution in [2.45, 2.75) is 18.9 Å². The van der Waals surface area contributed by atoms with Gasteiger partial charge in [-0.1, -0.05) is 12.1 Å². The molecule has 0 aliphatic carbocycles. The van der Waals surface area contributed by atoms with Crippen LogP contribution in [0.4, 0.5) is 10.1 Å². The molecule has 2 aromatic carbocycles. The van der Waals surface area contributed by atoms with Crippen LogP contribution in [0.1, 0.15) is 12.0 Å². The van der Waals surface area contributed by atoms with E-state index >= 15 is 0 Å². The number of guanidine groups is 1. The van der Waals surface area contributed by atoms with Gasteiger partial charge in [0.1, 0.15) is 11.6 Å². The number of aromatic nitrogens is 1. The number of H-pyrrole nitrogens is 1. The number of benzene rings is 2. The van der Waals surface area contributed by atoms with E-state index in [0.29, 0.717) is 6.04 Å². The predicted octanol–water partition coefficient (Wildman–Crippen LogP) is 3.30. The highest BCUT2D eigenvalue weighted by atomic mass is 19.1. The summed E-state index contributed by atoms with van der Waals surface area (Å²) in [5.74, 6) is 1.48. The summed E-state index contributed by atoms with van der Waals surface area (Å²) in [6.45, 7) is 2.61. The molecule has 2 heterocycles. The standard InChI is InChI=1S/C23H28FN5O/c1-25-23(26-11-9-16-14-27-20-13-17(24)7-8-19(16)20)28-18-10-12-29(15-18)21-5-3-4-6-22(21)30-2/h3-8,13-14,18,27H,9-12,15H2,1-2H3,(H2,25,26,28). The first-order valence-corrected chi connectivity index (χ1v) is 10.3. The third kappa shape index (κ3) is 4.35. The van der Waals surface area contributed by atoms with Gasteiger partial charge in [-0.2, -0.15) is 0 Å². The maximum atomic E-state index is 13.4. The Morgan fingerprint density at radius 1 is 1.30 bits per heavy atom. The molecular weight excluding hydrogens is 381 g/mol. The third-order valence-electron chi connectivity index (χ3n) is 5.59. The zero-order valence-electron chi connectivity index (χ0n) is 17.4. The molecule has 0 amide bonds. The lowest BCUT2D eigenvalue weighted by Gasteiger charge is -2.22. The van der Waals surface area contributed by atoms with Gasteiger partial charge in [0, 0.05) is 49.8 Å². The number of fused-ring (bicyclic) bond motifs is 1. The Kier molecular flexibility index (Phi) is 6.07. The van der Waals surface area contributed by atoms with E-state index in [9.17, 15) is 4.39 Å². The molecule has 0 saturated carbocycles. The van der Waals surface area contributed by atoms with Gasteiger partial charge in [-0.05, 0) is 48.7 Å². The van der Waals surface area contributed by atoms with E-state index in [4.69, 9.17) is 4.74 Å². The Bertz CT molecular complexity index is 1030. The Morgan fingerprint density at radius 3 is 3.00 bits per heavy atom. The second-order valence-electron chi connectivity index (χ2n) is 7.50. The molecule has 1 fully saturated rings. The van der Waals surface area contributed by atoms with Crippen LogP contribution < -0.4 is 20.3 Å². The molecule has 1 aromatic heterocycles. The summed E-state index contributed by atoms with van der Waals surface area (Å²) in [5.41, 5.74) is 3.12. The van der Waals surface area contributed by atoms with Gasteiger partial charge < -0.3 is 25.3 Å². The van der Waals surface area contributed by atoms with Gasteiger partial charge in [-0.3, -0.25) is 4.99 Å². The van der Waals surface area contributed by atoms with Crippen molar-refractivity contribution in [1.82, 2.24) is 15.6 Å². The van der Waals surface area contributed by atoms with Crippen molar-refractivity contribution in [3.05, 3.63) is 60.0 Å². The molecule has 7 heteroatoms. The number of nitrogens with zero attached hydrogens (tertiary/aromatic N) is 2. The highest BCUT2D eigenvalue weighted by Crippen LogP contribution is 2.30. The zero-order valence-corrected chi connectivity index (χ0v) is 17.4. The van der Waals surface area contributed by atoms with E-state index < -0.39 is 0 Å². The minimum absolute atomic E-state index is 0.225. The fourth-order valence-corrected chi connectivity index (χ4v) is 4.06. The molecule has 4 rings (SSSR count). The molecule has 1 unspecified atom stereocenters. The van der Waals surface area contributed by atoms with E-state index in [2.05, 4.69) is 31.6 Å². The second kappa shape index (κ2) is 9.07. The molecule has 0 radical (unpaired) electrons. The maximum Gasteiger partial charge on any atom is 0.191 e. The van der Waals surface area contributed by atoms with Crippen LogP contribution in [0.25, 0.3) is 10.9 Å². The van der Waals surface area contributed by atoms with Gasteiger partial charge in [0.05, 0.1) is 12.8 Å². The van der Waals surface area contributed by atoms with Crippen LogP contribution in [0.15, 0.2) is 53.7 Å². The molecule has 3 N–H and O–H groups in total. The smallest absolute Gasteiger partial charge is 0.191 e. The van der Waals surface area contributed by atoms with Crippen molar-refractivity contribution in [3.8, 4) is 5.75 Å². The van der Waals surface area contributed by atoms with E-state index in [-0.39, 0.29) is 5.82 Å². The number of aromatic amines is 1. The van der Waals surface area contributed by atoms with Crippen LogP contribution in [0.3, 0.4) is 0 Å². The first kappa shape index (κ1) is 20.1. The monoisotopic (exact) mass is 409 g/mol. The largest absolute Gasteiger partial charge is 0.495 e. The number of anilines is 1. The normalized spacial score (nSPS) is 16.8. The maximum absolute atomic E-state index is 13.4. The third-order valence-corrected chi connectivity index (χ3v) is 5.59. The molecule has 1 atom stereocenters. The van der Waals surface area contributed by atoms with Gasteiger partial charge in [-0.25, -0.2) is 4.39 Å². The summed E-state index contributed by atoms with van der Waals surface area (Å²) in [6, 6.07) is 13.3. The first-order chi connectivity index (χ1) is 14.7. The number of rotatable bonds is 6. The van der Waals surface area contributed by atoms with Crippen molar-refractivity contribution in [3.63, 3.8) is 0 Å². The zero-order chi connectivity index (χ0) is 20.9. The number of halogens is 1. The van der Waals surface area contributed by atoms with Gasteiger partial charge >= 0.3 is 0 Å². The van der Waals surface area contributed by atoms with E-state index in [0.717, 1.165) is 66.3 Å². The summed E-state index contributed by atoms with van der Waals surface area (Å²) < 4.78 is 18.9. The number of hydrogen-bond donors (Lipinski definition) is 3. The molecule has 158 valence electrons. The average Bonchev–Trinajstić information content (AvgIpc) is 3.39. The van der Waals surface area contributed by atoms with Gasteiger partial charge in [0.25, 0.3) is 0 Å².